The molecule has 2 amide bonds. The van der Waals surface area contributed by atoms with Gasteiger partial charge in [0, 0.05) is 19.3 Å². The minimum Gasteiger partial charge on any atom is -0.494 e. The summed E-state index contributed by atoms with van der Waals surface area (Å²) in [6.07, 6.45) is 2.78. The van der Waals surface area contributed by atoms with Gasteiger partial charge in [-0.05, 0) is 63.2 Å². The third kappa shape index (κ3) is 4.79. The minimum atomic E-state index is -0.528. The summed E-state index contributed by atoms with van der Waals surface area (Å²) in [5.41, 5.74) is 0.549. The molecular weight excluding hydrogens is 406 g/mol. The highest BCUT2D eigenvalue weighted by Gasteiger charge is 2.35. The SMILES string of the molecule is CCOC(=O)C1CCN(/C=C2\C(=O)NC(=S)N(c3ccc(OCC)cc3)C2=O)CC1. The number of rotatable bonds is 6. The van der Waals surface area contributed by atoms with Crippen LogP contribution >= 0.6 is 12.2 Å². The number of benzene rings is 1. The molecule has 2 aliphatic rings. The number of carbonyl (C=O) groups excluding carboxylic acids is 3. The molecule has 8 nitrogen and oxygen atoms in total. The number of carbonyl (C=O) groups is 3. The molecule has 2 fully saturated rings. The van der Waals surface area contributed by atoms with Crippen LogP contribution in [0.4, 0.5) is 5.69 Å². The molecule has 2 heterocycles. The number of hydrogen-bond donors (Lipinski definition) is 1. The molecular formula is C21H25N3O5S. The second kappa shape index (κ2) is 9.71. The van der Waals surface area contributed by atoms with Crippen molar-refractivity contribution in [2.24, 2.45) is 5.92 Å². The third-order valence-corrected chi connectivity index (χ3v) is 5.25. The largest absolute Gasteiger partial charge is 0.494 e. The lowest BCUT2D eigenvalue weighted by molar-refractivity contribution is -0.149. The van der Waals surface area contributed by atoms with Gasteiger partial charge in [-0.25, -0.2) is 0 Å². The van der Waals surface area contributed by atoms with Crippen LogP contribution in [0.1, 0.15) is 26.7 Å². The first-order chi connectivity index (χ1) is 14.4. The molecule has 1 N–H and O–H groups in total. The predicted octanol–water partition coefficient (Wildman–Crippen LogP) is 1.99. The fraction of sp³-hybridized carbons (Fsp3) is 0.429. The summed E-state index contributed by atoms with van der Waals surface area (Å²) in [6.45, 7) is 5.68. The number of amides is 2. The first-order valence-electron chi connectivity index (χ1n) is 9.99. The number of anilines is 1. The summed E-state index contributed by atoms with van der Waals surface area (Å²) < 4.78 is 10.5. The van der Waals surface area contributed by atoms with E-state index >= 15 is 0 Å². The Morgan fingerprint density at radius 1 is 1.17 bits per heavy atom. The van der Waals surface area contributed by atoms with Gasteiger partial charge in [-0.15, -0.1) is 0 Å². The topological polar surface area (TPSA) is 88.2 Å². The molecule has 0 radical (unpaired) electrons. The lowest BCUT2D eigenvalue weighted by Gasteiger charge is -2.33. The quantitative estimate of drug-likeness (QED) is 0.319. The zero-order valence-electron chi connectivity index (χ0n) is 17.1. The molecule has 0 spiro atoms. The molecule has 0 unspecified atom stereocenters. The number of esters is 1. The molecule has 3 rings (SSSR count). The molecule has 0 atom stereocenters. The van der Waals surface area contributed by atoms with Crippen LogP contribution in [0.2, 0.25) is 0 Å². The van der Waals surface area contributed by atoms with Crippen LogP contribution in [0.5, 0.6) is 5.75 Å². The maximum atomic E-state index is 13.1. The summed E-state index contributed by atoms with van der Waals surface area (Å²) in [5.74, 6) is -0.673. The summed E-state index contributed by atoms with van der Waals surface area (Å²) in [5, 5.41) is 2.61. The average molecular weight is 432 g/mol. The number of thiocarbonyl (C=S) groups is 1. The van der Waals surface area contributed by atoms with Gasteiger partial charge < -0.3 is 14.4 Å². The normalized spacial score (nSPS) is 19.1. The van der Waals surface area contributed by atoms with Crippen molar-refractivity contribution in [3.05, 3.63) is 36.0 Å². The van der Waals surface area contributed by atoms with E-state index in [1.54, 1.807) is 37.4 Å². The molecule has 30 heavy (non-hydrogen) atoms. The highest BCUT2D eigenvalue weighted by atomic mass is 32.1. The highest BCUT2D eigenvalue weighted by molar-refractivity contribution is 7.80. The van der Waals surface area contributed by atoms with Gasteiger partial charge in [-0.2, -0.15) is 0 Å². The Labute approximate surface area is 180 Å². The van der Waals surface area contributed by atoms with E-state index < -0.39 is 11.8 Å². The standard InChI is InChI=1S/C21H25N3O5S/c1-3-28-16-7-5-15(6-8-16)24-19(26)17(18(25)22-21(24)30)13-23-11-9-14(10-12-23)20(27)29-4-2/h5-8,13-14H,3-4,9-12H2,1-2H3,(H,22,25,30)/b17-13+. The fourth-order valence-corrected chi connectivity index (χ4v) is 3.72. The van der Waals surface area contributed by atoms with E-state index in [1.165, 1.54) is 4.90 Å². The summed E-state index contributed by atoms with van der Waals surface area (Å²) >= 11 is 5.22. The van der Waals surface area contributed by atoms with Gasteiger partial charge in [0.05, 0.1) is 24.8 Å². The zero-order valence-corrected chi connectivity index (χ0v) is 17.9. The van der Waals surface area contributed by atoms with Crippen molar-refractivity contribution in [3.8, 4) is 5.75 Å². The van der Waals surface area contributed by atoms with Crippen LogP contribution in [0.3, 0.4) is 0 Å². The van der Waals surface area contributed by atoms with Crippen LogP contribution in [0, 0.1) is 5.92 Å². The zero-order chi connectivity index (χ0) is 21.7. The molecule has 0 bridgehead atoms. The number of nitrogens with one attached hydrogen (secondary N) is 1. The maximum absolute atomic E-state index is 13.1. The molecule has 0 aliphatic carbocycles. The van der Waals surface area contributed by atoms with Gasteiger partial charge in [-0.1, -0.05) is 0 Å². The van der Waals surface area contributed by atoms with E-state index in [2.05, 4.69) is 5.32 Å². The van der Waals surface area contributed by atoms with Gasteiger partial charge in [0.15, 0.2) is 5.11 Å². The molecule has 160 valence electrons. The number of nitrogens with zero attached hydrogens (tertiary/aromatic N) is 2. The third-order valence-electron chi connectivity index (χ3n) is 4.97. The maximum Gasteiger partial charge on any atom is 0.309 e. The molecule has 1 aromatic rings. The van der Waals surface area contributed by atoms with Gasteiger partial charge in [0.25, 0.3) is 11.8 Å². The number of piperidine rings is 1. The smallest absolute Gasteiger partial charge is 0.309 e. The lowest BCUT2D eigenvalue weighted by atomic mass is 9.97. The Hall–Kier alpha value is -2.94. The van der Waals surface area contributed by atoms with Crippen molar-refractivity contribution in [1.29, 1.82) is 0 Å². The van der Waals surface area contributed by atoms with Crippen molar-refractivity contribution in [2.45, 2.75) is 26.7 Å². The van der Waals surface area contributed by atoms with Crippen LogP contribution in [-0.4, -0.2) is 54.1 Å². The highest BCUT2D eigenvalue weighted by Crippen LogP contribution is 2.25. The monoisotopic (exact) mass is 431 g/mol. The fourth-order valence-electron chi connectivity index (χ4n) is 3.44. The summed E-state index contributed by atoms with van der Waals surface area (Å²) in [7, 11) is 0. The number of hydrogen-bond acceptors (Lipinski definition) is 7. The Morgan fingerprint density at radius 3 is 2.43 bits per heavy atom. The second-order valence-corrected chi connectivity index (χ2v) is 7.32. The van der Waals surface area contributed by atoms with E-state index in [0.717, 1.165) is 0 Å². The van der Waals surface area contributed by atoms with Crippen molar-refractivity contribution in [3.63, 3.8) is 0 Å². The Morgan fingerprint density at radius 2 is 1.83 bits per heavy atom. The van der Waals surface area contributed by atoms with E-state index in [9.17, 15) is 14.4 Å². The van der Waals surface area contributed by atoms with Crippen molar-refractivity contribution in [1.82, 2.24) is 10.2 Å². The van der Waals surface area contributed by atoms with Gasteiger partial charge in [0.2, 0.25) is 0 Å². The minimum absolute atomic E-state index is 0.00655. The van der Waals surface area contributed by atoms with E-state index in [1.807, 2.05) is 11.8 Å². The first-order valence-corrected chi connectivity index (χ1v) is 10.4. The second-order valence-electron chi connectivity index (χ2n) is 6.93. The van der Waals surface area contributed by atoms with Gasteiger partial charge >= 0.3 is 5.97 Å². The van der Waals surface area contributed by atoms with Gasteiger partial charge in [-0.3, -0.25) is 24.6 Å². The van der Waals surface area contributed by atoms with Crippen LogP contribution in [0.15, 0.2) is 36.0 Å². The first kappa shape index (κ1) is 21.8. The Bertz CT molecular complexity index is 860. The molecule has 9 heteroatoms. The Kier molecular flexibility index (Phi) is 7.04. The Balaban J connectivity index is 1.73. The van der Waals surface area contributed by atoms with Gasteiger partial charge in [0.1, 0.15) is 11.3 Å². The average Bonchev–Trinajstić information content (AvgIpc) is 2.73. The lowest BCUT2D eigenvalue weighted by Crippen LogP contribution is -2.54. The summed E-state index contributed by atoms with van der Waals surface area (Å²) in [4.78, 5) is 40.6. The summed E-state index contributed by atoms with van der Waals surface area (Å²) in [6, 6.07) is 6.92. The van der Waals surface area contributed by atoms with Crippen molar-refractivity contribution in [2.75, 3.05) is 31.2 Å². The number of likely N-dealkylation sites (tertiary alicyclic amines) is 1. The van der Waals surface area contributed by atoms with Crippen molar-refractivity contribution < 1.29 is 23.9 Å². The van der Waals surface area contributed by atoms with Crippen LogP contribution < -0.4 is 15.0 Å². The number of ether oxygens (including phenoxy) is 2. The van der Waals surface area contributed by atoms with Crippen molar-refractivity contribution >= 4 is 40.8 Å². The van der Waals surface area contributed by atoms with Crippen LogP contribution in [-0.2, 0) is 19.1 Å². The molecule has 0 aromatic heterocycles. The van der Waals surface area contributed by atoms with Crippen LogP contribution in [0.25, 0.3) is 0 Å². The molecule has 0 saturated carbocycles. The molecule has 2 aliphatic heterocycles. The molecule has 1 aromatic carbocycles. The van der Waals surface area contributed by atoms with E-state index in [-0.39, 0.29) is 22.6 Å². The van der Waals surface area contributed by atoms with E-state index in [4.69, 9.17) is 21.7 Å². The van der Waals surface area contributed by atoms with E-state index in [0.29, 0.717) is 50.6 Å². The molecule has 2 saturated heterocycles. The predicted molar refractivity (Wildman–Crippen MR) is 115 cm³/mol.